The van der Waals surface area contributed by atoms with Crippen molar-refractivity contribution in [3.05, 3.63) is 328 Å². The summed E-state index contributed by atoms with van der Waals surface area (Å²) in [5.74, 6) is 1.41. The number of pyridine rings is 2. The highest BCUT2D eigenvalue weighted by Crippen LogP contribution is 2.39. The van der Waals surface area contributed by atoms with Crippen molar-refractivity contribution in [3.8, 4) is 113 Å². The van der Waals surface area contributed by atoms with Crippen molar-refractivity contribution in [2.24, 2.45) is 0 Å². The molecule has 0 radical (unpaired) electrons. The number of fused-ring (bicyclic) bond motifs is 10. The molecule has 0 aliphatic rings. The molecule has 0 atom stereocenters. The normalized spacial score (nSPS) is 11.4. The van der Waals surface area contributed by atoms with E-state index in [0.29, 0.717) is 11.6 Å². The van der Waals surface area contributed by atoms with Crippen molar-refractivity contribution < 1.29 is 0 Å². The fourth-order valence-corrected chi connectivity index (χ4v) is 13.9. The van der Waals surface area contributed by atoms with E-state index in [0.717, 1.165) is 136 Å². The van der Waals surface area contributed by atoms with E-state index in [9.17, 15) is 0 Å². The van der Waals surface area contributed by atoms with Gasteiger partial charge in [0.05, 0.1) is 56.2 Å². The molecule has 12 aromatic carbocycles. The molecule has 0 fully saturated rings. The van der Waals surface area contributed by atoms with Gasteiger partial charge in [0.25, 0.3) is 0 Å². The molecule has 0 amide bonds. The summed E-state index contributed by atoms with van der Waals surface area (Å²) in [4.78, 5) is 30.6. The van der Waals surface area contributed by atoms with E-state index in [-0.39, 0.29) is 0 Å². The zero-order valence-electron chi connectivity index (χ0n) is 54.2. The zero-order valence-corrected chi connectivity index (χ0v) is 54.2. The molecule has 0 unspecified atom stereocenters. The highest BCUT2D eigenvalue weighted by Gasteiger charge is 2.19. The zero-order chi connectivity index (χ0) is 65.5. The first-order valence-corrected chi connectivity index (χ1v) is 33.5. The van der Waals surface area contributed by atoms with Gasteiger partial charge in [-0.2, -0.15) is 0 Å². The maximum atomic E-state index is 5.26. The maximum Gasteiger partial charge on any atom is 0.160 e. The summed E-state index contributed by atoms with van der Waals surface area (Å²) < 4.78 is 4.78. The number of aromatic nitrogens is 8. The SMILES string of the molecule is CCn1c2ccccc2c2ccc3ccc(-c4ccc(-c5ccc(-c6nc(-c7ccccc7)cc(-c7ccccc7)n6)cc5)cc4)nc3c21.CCn1c2ccccc2c2ccc3ccc(-c4ccc(-c5cccc(-c6nc(-c7ccccc7)cc(-c7ccccc7)n6)c5)cc4)nc3c21. The first-order valence-electron chi connectivity index (χ1n) is 33.5. The fraction of sp³-hybridized carbons (Fsp3) is 0.0444. The minimum Gasteiger partial charge on any atom is -0.339 e. The Bertz CT molecular complexity index is 5850. The second-order valence-corrected chi connectivity index (χ2v) is 24.7. The van der Waals surface area contributed by atoms with Crippen molar-refractivity contribution in [1.29, 1.82) is 0 Å². The Kier molecular flexibility index (Phi) is 15.4. The Morgan fingerprint density at radius 2 is 0.520 bits per heavy atom. The largest absolute Gasteiger partial charge is 0.339 e. The smallest absolute Gasteiger partial charge is 0.160 e. The molecule has 0 spiro atoms. The Morgan fingerprint density at radius 3 is 0.918 bits per heavy atom. The second kappa shape index (κ2) is 25.5. The van der Waals surface area contributed by atoms with Gasteiger partial charge in [-0.25, -0.2) is 29.9 Å². The van der Waals surface area contributed by atoms with Crippen LogP contribution in [-0.2, 0) is 13.1 Å². The molecular weight excluding hydrogens is 1190 g/mol. The van der Waals surface area contributed by atoms with Gasteiger partial charge >= 0.3 is 0 Å². The third-order valence-electron chi connectivity index (χ3n) is 18.8. The molecule has 0 N–H and O–H groups in total. The standard InChI is InChI=1S/2C45H32N4/c1-2-49-42-19-10-9-18-37(42)38-26-24-34-25-27-39(46-43(34)44(38)49)33-22-20-30(21-23-33)35-16-11-17-36(28-35)45-47-40(31-12-5-3-6-13-31)29-41(48-45)32-14-7-4-8-15-32;1-2-49-42-16-10-9-15-37(42)38-27-25-35-26-28-39(46-43(35)44(38)49)34-21-17-30(18-22-34)31-19-23-36(24-20-31)45-47-40(32-11-5-3-6-12-32)29-41(48-45)33-13-7-4-8-14-33/h2*3-29H,2H2,1H3. The first-order chi connectivity index (χ1) is 48.5. The molecule has 0 aliphatic heterocycles. The number of aryl methyl sites for hydroxylation is 2. The van der Waals surface area contributed by atoms with Crippen LogP contribution in [0.1, 0.15) is 13.8 Å². The minimum absolute atomic E-state index is 0.704. The Labute approximate surface area is 568 Å². The van der Waals surface area contributed by atoms with Gasteiger partial charge in [-0.1, -0.05) is 285 Å². The van der Waals surface area contributed by atoms with Crippen molar-refractivity contribution in [1.82, 2.24) is 39.0 Å². The lowest BCUT2D eigenvalue weighted by molar-refractivity contribution is 0.829. The van der Waals surface area contributed by atoms with Gasteiger partial charge in [0.1, 0.15) is 0 Å². The third kappa shape index (κ3) is 11.1. The van der Waals surface area contributed by atoms with Crippen LogP contribution < -0.4 is 0 Å². The number of hydrogen-bond acceptors (Lipinski definition) is 6. The summed E-state index contributed by atoms with van der Waals surface area (Å²) in [5, 5.41) is 7.35. The Balaban J connectivity index is 0.000000147. The highest BCUT2D eigenvalue weighted by molar-refractivity contribution is 6.18. The number of hydrogen-bond donors (Lipinski definition) is 0. The van der Waals surface area contributed by atoms with Crippen molar-refractivity contribution in [2.45, 2.75) is 26.9 Å². The van der Waals surface area contributed by atoms with Crippen molar-refractivity contribution in [3.63, 3.8) is 0 Å². The molecule has 0 bridgehead atoms. The van der Waals surface area contributed by atoms with Gasteiger partial charge in [0, 0.05) is 101 Å². The lowest BCUT2D eigenvalue weighted by atomic mass is 10.00. The number of para-hydroxylation sites is 2. The number of nitrogens with zero attached hydrogens (tertiary/aromatic N) is 8. The first kappa shape index (κ1) is 59.0. The summed E-state index contributed by atoms with van der Waals surface area (Å²) in [5.41, 5.74) is 25.5. The molecule has 8 heteroatoms. The lowest BCUT2D eigenvalue weighted by Crippen LogP contribution is -1.96. The predicted octanol–water partition coefficient (Wildman–Crippen LogP) is 23.0. The van der Waals surface area contributed by atoms with Crippen LogP contribution in [0.3, 0.4) is 0 Å². The molecule has 8 nitrogen and oxygen atoms in total. The van der Waals surface area contributed by atoms with Crippen LogP contribution in [0.5, 0.6) is 0 Å². The van der Waals surface area contributed by atoms with Crippen LogP contribution in [-0.4, -0.2) is 39.0 Å². The summed E-state index contributed by atoms with van der Waals surface area (Å²) >= 11 is 0. The van der Waals surface area contributed by atoms with Gasteiger partial charge in [0.15, 0.2) is 11.6 Å². The summed E-state index contributed by atoms with van der Waals surface area (Å²) in [6.45, 7) is 6.19. The van der Waals surface area contributed by atoms with Gasteiger partial charge in [-0.15, -0.1) is 0 Å². The molecule has 18 aromatic rings. The van der Waals surface area contributed by atoms with Gasteiger partial charge < -0.3 is 9.13 Å². The van der Waals surface area contributed by atoms with Crippen LogP contribution in [0.2, 0.25) is 0 Å². The average molecular weight is 1260 g/mol. The Morgan fingerprint density at radius 1 is 0.214 bits per heavy atom. The fourth-order valence-electron chi connectivity index (χ4n) is 13.9. The Hall–Kier alpha value is -12.8. The van der Waals surface area contributed by atoms with E-state index in [2.05, 4.69) is 278 Å². The molecular formula is C90H64N8. The topological polar surface area (TPSA) is 87.2 Å². The van der Waals surface area contributed by atoms with Gasteiger partial charge in [-0.3, -0.25) is 0 Å². The quantitative estimate of drug-likeness (QED) is 0.121. The van der Waals surface area contributed by atoms with Crippen LogP contribution in [0.25, 0.3) is 178 Å². The molecule has 0 aliphatic carbocycles. The molecule has 0 saturated carbocycles. The molecule has 18 rings (SSSR count). The third-order valence-corrected chi connectivity index (χ3v) is 18.8. The van der Waals surface area contributed by atoms with Crippen molar-refractivity contribution in [2.75, 3.05) is 0 Å². The number of rotatable bonds is 12. The highest BCUT2D eigenvalue weighted by atomic mass is 15.0. The molecule has 98 heavy (non-hydrogen) atoms. The monoisotopic (exact) mass is 1260 g/mol. The minimum atomic E-state index is 0.704. The van der Waals surface area contributed by atoms with Crippen LogP contribution in [0.15, 0.2) is 328 Å². The van der Waals surface area contributed by atoms with E-state index in [1.54, 1.807) is 0 Å². The van der Waals surface area contributed by atoms with E-state index in [1.165, 1.54) is 43.6 Å². The molecule has 464 valence electrons. The lowest BCUT2D eigenvalue weighted by Gasteiger charge is -2.11. The summed E-state index contributed by atoms with van der Waals surface area (Å²) in [7, 11) is 0. The average Bonchev–Trinajstić information content (AvgIpc) is 1.58. The second-order valence-electron chi connectivity index (χ2n) is 24.7. The van der Waals surface area contributed by atoms with Gasteiger partial charge in [0.2, 0.25) is 0 Å². The summed E-state index contributed by atoms with van der Waals surface area (Å²) in [6, 6.07) is 115. The molecule has 6 heterocycles. The van der Waals surface area contributed by atoms with E-state index >= 15 is 0 Å². The maximum absolute atomic E-state index is 5.26. The van der Waals surface area contributed by atoms with Crippen LogP contribution in [0.4, 0.5) is 0 Å². The van der Waals surface area contributed by atoms with Gasteiger partial charge in [-0.05, 0) is 78.6 Å². The van der Waals surface area contributed by atoms with Crippen LogP contribution >= 0.6 is 0 Å². The molecule has 0 saturated heterocycles. The van der Waals surface area contributed by atoms with E-state index in [1.807, 2.05) is 72.8 Å². The van der Waals surface area contributed by atoms with Crippen LogP contribution in [0, 0.1) is 0 Å². The molecule has 6 aromatic heterocycles. The van der Waals surface area contributed by atoms with E-state index in [4.69, 9.17) is 29.9 Å². The van der Waals surface area contributed by atoms with E-state index < -0.39 is 0 Å². The predicted molar refractivity (Wildman–Crippen MR) is 406 cm³/mol. The number of benzene rings is 12. The van der Waals surface area contributed by atoms with Crippen molar-refractivity contribution >= 4 is 65.4 Å². The summed E-state index contributed by atoms with van der Waals surface area (Å²) in [6.07, 6.45) is 0.